The summed E-state index contributed by atoms with van der Waals surface area (Å²) in [7, 11) is -3.41. The van der Waals surface area contributed by atoms with Gasteiger partial charge < -0.3 is 13.3 Å². The molecule has 19 heavy (non-hydrogen) atoms. The van der Waals surface area contributed by atoms with Crippen LogP contribution in [0.2, 0.25) is 30.7 Å². The predicted molar refractivity (Wildman–Crippen MR) is 87.4 cm³/mol. The van der Waals surface area contributed by atoms with Crippen molar-refractivity contribution in [3.8, 4) is 0 Å². The summed E-state index contributed by atoms with van der Waals surface area (Å²) in [5.41, 5.74) is 0. The van der Waals surface area contributed by atoms with Crippen molar-refractivity contribution in [3.63, 3.8) is 0 Å². The molecular weight excluding hydrogens is 272 g/mol. The van der Waals surface area contributed by atoms with E-state index in [4.69, 9.17) is 13.3 Å². The van der Waals surface area contributed by atoms with Crippen molar-refractivity contribution in [2.75, 3.05) is 19.8 Å². The third-order valence-corrected chi connectivity index (χ3v) is 11.6. The Balaban J connectivity index is 4.38. The van der Waals surface area contributed by atoms with Gasteiger partial charge in [0.25, 0.3) is 0 Å². The second kappa shape index (κ2) is 10.1. The van der Waals surface area contributed by atoms with E-state index in [1.165, 1.54) is 18.5 Å². The van der Waals surface area contributed by atoms with Gasteiger partial charge in [-0.15, -0.1) is 0 Å². The average molecular weight is 307 g/mol. The molecule has 0 aromatic rings. The summed E-state index contributed by atoms with van der Waals surface area (Å²) >= 11 is 0. The normalized spacial score (nSPS) is 15.5. The van der Waals surface area contributed by atoms with Crippen LogP contribution in [-0.4, -0.2) is 36.7 Å². The van der Waals surface area contributed by atoms with E-state index in [1.54, 1.807) is 0 Å². The summed E-state index contributed by atoms with van der Waals surface area (Å²) in [5, 5.41) is 0. The molecule has 0 rings (SSSR count). The first-order valence-electron chi connectivity index (χ1n) is 7.93. The zero-order valence-corrected chi connectivity index (χ0v) is 15.9. The van der Waals surface area contributed by atoms with Crippen LogP contribution in [0.1, 0.15) is 41.0 Å². The first-order valence-corrected chi connectivity index (χ1v) is 13.0. The third kappa shape index (κ3) is 7.04. The maximum absolute atomic E-state index is 6.02. The van der Waals surface area contributed by atoms with E-state index < -0.39 is 16.9 Å². The van der Waals surface area contributed by atoms with Gasteiger partial charge in [0, 0.05) is 19.8 Å². The zero-order chi connectivity index (χ0) is 14.8. The molecule has 3 nitrogen and oxygen atoms in total. The number of hydrogen-bond acceptors (Lipinski definition) is 3. The zero-order valence-electron chi connectivity index (χ0n) is 13.9. The fraction of sp³-hybridized carbons (Fsp3) is 1.00. The third-order valence-electron chi connectivity index (χ3n) is 3.86. The molecule has 0 aromatic carbocycles. The maximum atomic E-state index is 6.02. The van der Waals surface area contributed by atoms with Crippen molar-refractivity contribution < 1.29 is 13.3 Å². The Bertz CT molecular complexity index is 221. The van der Waals surface area contributed by atoms with E-state index >= 15 is 0 Å². The quantitative estimate of drug-likeness (QED) is 0.495. The Hall–Kier alpha value is 0.314. The van der Waals surface area contributed by atoms with Crippen LogP contribution in [0.3, 0.4) is 0 Å². The Kier molecular flexibility index (Phi) is 10.3. The highest BCUT2D eigenvalue weighted by Crippen LogP contribution is 2.26. The van der Waals surface area contributed by atoms with Crippen LogP contribution in [0.4, 0.5) is 0 Å². The van der Waals surface area contributed by atoms with Crippen molar-refractivity contribution in [1.29, 1.82) is 0 Å². The van der Waals surface area contributed by atoms with Crippen LogP contribution >= 0.6 is 0 Å². The Morgan fingerprint density at radius 2 is 1.21 bits per heavy atom. The van der Waals surface area contributed by atoms with Gasteiger partial charge in [-0.3, -0.25) is 0 Å². The molecule has 0 fully saturated rings. The molecule has 0 aliphatic carbocycles. The summed E-state index contributed by atoms with van der Waals surface area (Å²) in [6.07, 6.45) is 1.19. The highest BCUT2D eigenvalue weighted by molar-refractivity contribution is 6.72. The van der Waals surface area contributed by atoms with Crippen molar-refractivity contribution in [3.05, 3.63) is 0 Å². The van der Waals surface area contributed by atoms with Crippen LogP contribution in [0.15, 0.2) is 0 Å². The fourth-order valence-electron chi connectivity index (χ4n) is 2.52. The lowest BCUT2D eigenvalue weighted by molar-refractivity contribution is 0.183. The van der Waals surface area contributed by atoms with E-state index in [2.05, 4.69) is 41.2 Å². The van der Waals surface area contributed by atoms with E-state index in [0.29, 0.717) is 0 Å². The molecule has 0 aromatic heterocycles. The van der Waals surface area contributed by atoms with E-state index in [-0.39, 0.29) is 0 Å². The largest absolute Gasteiger partial charge is 0.417 e. The molecule has 0 radical (unpaired) electrons. The van der Waals surface area contributed by atoms with Gasteiger partial charge in [-0.05, 0) is 51.5 Å². The first kappa shape index (κ1) is 19.3. The van der Waals surface area contributed by atoms with E-state index in [1.807, 2.05) is 0 Å². The van der Waals surface area contributed by atoms with Gasteiger partial charge >= 0.3 is 8.56 Å². The van der Waals surface area contributed by atoms with Gasteiger partial charge in [-0.2, -0.15) is 0 Å². The second-order valence-electron chi connectivity index (χ2n) is 5.22. The van der Waals surface area contributed by atoms with E-state index in [0.717, 1.165) is 31.9 Å². The van der Waals surface area contributed by atoms with Gasteiger partial charge in [-0.25, -0.2) is 0 Å². The average Bonchev–Trinajstić information content (AvgIpc) is 2.39. The van der Waals surface area contributed by atoms with Gasteiger partial charge in [0.1, 0.15) is 0 Å². The van der Waals surface area contributed by atoms with Crippen LogP contribution in [0, 0.1) is 0 Å². The summed E-state index contributed by atoms with van der Waals surface area (Å²) < 4.78 is 18.1. The minimum atomic E-state index is -1.94. The summed E-state index contributed by atoms with van der Waals surface area (Å²) in [4.78, 5) is 0. The first-order chi connectivity index (χ1) is 9.01. The van der Waals surface area contributed by atoms with Gasteiger partial charge in [0.2, 0.25) is 0 Å². The molecule has 5 heteroatoms. The highest BCUT2D eigenvalue weighted by Gasteiger charge is 2.36. The highest BCUT2D eigenvalue weighted by atomic mass is 28.4. The smallest absolute Gasteiger partial charge is 0.337 e. The van der Waals surface area contributed by atoms with Gasteiger partial charge in [0.05, 0.1) is 0 Å². The fourth-order valence-corrected chi connectivity index (χ4v) is 8.10. The predicted octanol–water partition coefficient (Wildman–Crippen LogP) is 4.54. The lowest BCUT2D eigenvalue weighted by Gasteiger charge is -2.31. The molecule has 0 spiro atoms. The van der Waals surface area contributed by atoms with Crippen LogP contribution in [-0.2, 0) is 13.3 Å². The monoisotopic (exact) mass is 306 g/mol. The molecule has 0 N–H and O–H groups in total. The molecule has 0 aliphatic rings. The molecule has 0 amide bonds. The van der Waals surface area contributed by atoms with Crippen LogP contribution < -0.4 is 0 Å². The molecule has 0 saturated carbocycles. The molecular formula is C14H34O3Si2. The lowest BCUT2D eigenvalue weighted by atomic mass is 10.6. The maximum Gasteiger partial charge on any atom is 0.337 e. The minimum Gasteiger partial charge on any atom is -0.417 e. The minimum absolute atomic E-state index is 0.772. The topological polar surface area (TPSA) is 27.7 Å². The van der Waals surface area contributed by atoms with Crippen LogP contribution in [0.25, 0.3) is 0 Å². The standard InChI is InChI=1S/C14H34O3Si2/c1-7-15-18(6,10-4)13-12-14-19(11-5,16-8-2)17-9-3/h7-14H2,1-6H3. The molecule has 0 saturated heterocycles. The van der Waals surface area contributed by atoms with Crippen molar-refractivity contribution >= 4 is 16.9 Å². The molecule has 0 bridgehead atoms. The summed E-state index contributed by atoms with van der Waals surface area (Å²) in [5.74, 6) is 0. The molecule has 116 valence electrons. The van der Waals surface area contributed by atoms with Gasteiger partial charge in [0.15, 0.2) is 8.32 Å². The molecule has 0 aliphatic heterocycles. The van der Waals surface area contributed by atoms with Crippen LogP contribution in [0.5, 0.6) is 0 Å². The van der Waals surface area contributed by atoms with Gasteiger partial charge in [-0.1, -0.05) is 20.3 Å². The Morgan fingerprint density at radius 3 is 1.58 bits per heavy atom. The van der Waals surface area contributed by atoms with E-state index in [9.17, 15) is 0 Å². The second-order valence-corrected chi connectivity index (χ2v) is 13.2. The SMILES string of the molecule is CCO[Si](C)(CC)CCC[Si](CC)(OCC)OCC. The molecule has 0 heterocycles. The summed E-state index contributed by atoms with van der Waals surface area (Å²) in [6, 6.07) is 4.59. The lowest BCUT2D eigenvalue weighted by Crippen LogP contribution is -2.42. The molecule has 1 unspecified atom stereocenters. The summed E-state index contributed by atoms with van der Waals surface area (Å²) in [6.45, 7) is 15.5. The number of hydrogen-bond donors (Lipinski definition) is 0. The molecule has 1 atom stereocenters. The Labute approximate surface area is 122 Å². The number of rotatable bonds is 12. The van der Waals surface area contributed by atoms with Crippen molar-refractivity contribution in [1.82, 2.24) is 0 Å². The van der Waals surface area contributed by atoms with Crippen molar-refractivity contribution in [2.45, 2.75) is 71.8 Å². The van der Waals surface area contributed by atoms with Crippen molar-refractivity contribution in [2.24, 2.45) is 0 Å². The Morgan fingerprint density at radius 1 is 0.684 bits per heavy atom.